The van der Waals surface area contributed by atoms with Gasteiger partial charge in [-0.15, -0.1) is 0 Å². The van der Waals surface area contributed by atoms with Crippen LogP contribution in [0.2, 0.25) is 5.02 Å². The third-order valence-corrected chi connectivity index (χ3v) is 4.45. The molecular formula is C19H16ClN5O3. The molecule has 0 aliphatic carbocycles. The topological polar surface area (TPSA) is 98.1 Å². The summed E-state index contributed by atoms with van der Waals surface area (Å²) in [5, 5.41) is 10.1. The highest BCUT2D eigenvalue weighted by atomic mass is 35.5. The summed E-state index contributed by atoms with van der Waals surface area (Å²) in [4.78, 5) is 28.1. The van der Waals surface area contributed by atoms with E-state index in [4.69, 9.17) is 16.3 Å². The number of nitrogens with zero attached hydrogens (tertiary/aromatic N) is 3. The molecule has 0 spiro atoms. The fourth-order valence-corrected chi connectivity index (χ4v) is 3.18. The summed E-state index contributed by atoms with van der Waals surface area (Å²) in [5.41, 5.74) is 1.44. The molecule has 142 valence electrons. The van der Waals surface area contributed by atoms with Gasteiger partial charge >= 0.3 is 0 Å². The van der Waals surface area contributed by atoms with E-state index in [1.54, 1.807) is 41.1 Å². The second-order valence-corrected chi connectivity index (χ2v) is 6.65. The first-order valence-electron chi connectivity index (χ1n) is 8.56. The van der Waals surface area contributed by atoms with E-state index in [0.717, 1.165) is 5.56 Å². The molecule has 2 N–H and O–H groups in total. The zero-order valence-electron chi connectivity index (χ0n) is 14.6. The van der Waals surface area contributed by atoms with Gasteiger partial charge in [0.05, 0.1) is 12.5 Å². The van der Waals surface area contributed by atoms with Crippen molar-refractivity contribution < 1.29 is 14.3 Å². The lowest BCUT2D eigenvalue weighted by Crippen LogP contribution is -2.29. The van der Waals surface area contributed by atoms with E-state index < -0.39 is 0 Å². The van der Waals surface area contributed by atoms with Crippen molar-refractivity contribution in [2.45, 2.75) is 12.5 Å². The molecule has 3 aromatic rings. The summed E-state index contributed by atoms with van der Waals surface area (Å²) < 4.78 is 7.27. The van der Waals surface area contributed by atoms with Gasteiger partial charge in [-0.05, 0) is 35.9 Å². The molecular weight excluding hydrogens is 382 g/mol. The molecule has 8 nitrogen and oxygen atoms in total. The molecule has 2 amide bonds. The molecule has 4 rings (SSSR count). The Kier molecular flexibility index (Phi) is 4.94. The minimum Gasteiger partial charge on any atom is -0.484 e. The van der Waals surface area contributed by atoms with Gasteiger partial charge in [0.2, 0.25) is 11.9 Å². The predicted octanol–water partition coefficient (Wildman–Crippen LogP) is 2.88. The smallest absolute Gasteiger partial charge is 0.262 e. The number of rotatable bonds is 5. The van der Waals surface area contributed by atoms with Crippen LogP contribution in [0, 0.1) is 0 Å². The number of fused-ring (bicyclic) bond motifs is 1. The van der Waals surface area contributed by atoms with Gasteiger partial charge in [0.15, 0.2) is 6.61 Å². The Bertz CT molecular complexity index is 1040. The minimum absolute atomic E-state index is 0.127. The Morgan fingerprint density at radius 1 is 1.29 bits per heavy atom. The highest BCUT2D eigenvalue weighted by molar-refractivity contribution is 6.30. The average molecular weight is 398 g/mol. The fraction of sp³-hybridized carbons (Fsp3) is 0.158. The third kappa shape index (κ3) is 3.96. The van der Waals surface area contributed by atoms with Gasteiger partial charge in [-0.2, -0.15) is 10.1 Å². The number of anilines is 2. The minimum atomic E-state index is -0.303. The number of amides is 2. The van der Waals surface area contributed by atoms with Crippen molar-refractivity contribution in [1.82, 2.24) is 14.8 Å². The van der Waals surface area contributed by atoms with Crippen LogP contribution in [0.15, 0.2) is 54.9 Å². The number of aromatic nitrogens is 3. The SMILES string of the molecule is O=C(COc1cccc([C@@H]2CC(=O)Nc3ncnn32)c1)Nc1cccc(Cl)c1. The number of hydrogen-bond acceptors (Lipinski definition) is 5. The number of benzene rings is 2. The van der Waals surface area contributed by atoms with Crippen molar-refractivity contribution in [3.05, 3.63) is 65.4 Å². The first-order chi connectivity index (χ1) is 13.6. The summed E-state index contributed by atoms with van der Waals surface area (Å²) in [6, 6.07) is 13.8. The summed E-state index contributed by atoms with van der Waals surface area (Å²) in [7, 11) is 0. The van der Waals surface area contributed by atoms with Crippen molar-refractivity contribution in [3.8, 4) is 5.75 Å². The quantitative estimate of drug-likeness (QED) is 0.689. The number of nitrogens with one attached hydrogen (secondary N) is 2. The van der Waals surface area contributed by atoms with Crippen molar-refractivity contribution in [3.63, 3.8) is 0 Å². The van der Waals surface area contributed by atoms with Crippen molar-refractivity contribution >= 4 is 35.1 Å². The first-order valence-corrected chi connectivity index (χ1v) is 8.94. The molecule has 9 heteroatoms. The molecule has 0 bridgehead atoms. The maximum Gasteiger partial charge on any atom is 0.262 e. The van der Waals surface area contributed by atoms with E-state index in [1.807, 2.05) is 12.1 Å². The molecule has 2 heterocycles. The maximum atomic E-state index is 12.1. The molecule has 1 atom stereocenters. The highest BCUT2D eigenvalue weighted by Gasteiger charge is 2.27. The monoisotopic (exact) mass is 397 g/mol. The van der Waals surface area contributed by atoms with E-state index in [0.29, 0.717) is 22.4 Å². The summed E-state index contributed by atoms with van der Waals surface area (Å²) in [5.74, 6) is 0.501. The lowest BCUT2D eigenvalue weighted by molar-refractivity contribution is -0.118. The van der Waals surface area contributed by atoms with Crippen LogP contribution in [0.25, 0.3) is 0 Å². The lowest BCUT2D eigenvalue weighted by Gasteiger charge is -2.24. The summed E-state index contributed by atoms with van der Waals surface area (Å²) in [6.07, 6.45) is 1.64. The Balaban J connectivity index is 1.43. The first kappa shape index (κ1) is 18.0. The van der Waals surface area contributed by atoms with E-state index in [9.17, 15) is 9.59 Å². The van der Waals surface area contributed by atoms with Gasteiger partial charge in [-0.1, -0.05) is 29.8 Å². The Hall–Kier alpha value is -3.39. The van der Waals surface area contributed by atoms with Crippen molar-refractivity contribution in [2.75, 3.05) is 17.2 Å². The van der Waals surface area contributed by atoms with Crippen LogP contribution in [0.4, 0.5) is 11.6 Å². The van der Waals surface area contributed by atoms with E-state index in [-0.39, 0.29) is 30.9 Å². The standard InChI is InChI=1S/C19H16ClN5O3/c20-13-4-2-5-14(8-13)23-18(27)10-28-15-6-1-3-12(7-15)16-9-17(26)24-19-21-11-22-25(16)19/h1-8,11,16H,9-10H2,(H,23,27)(H,21,22,24,26)/t16-/m0/s1. The van der Waals surface area contributed by atoms with Gasteiger partial charge in [0, 0.05) is 10.7 Å². The molecule has 1 aliphatic heterocycles. The number of ether oxygens (including phenoxy) is 1. The van der Waals surface area contributed by atoms with E-state index in [2.05, 4.69) is 20.7 Å². The van der Waals surface area contributed by atoms with E-state index >= 15 is 0 Å². The number of halogens is 1. The van der Waals surface area contributed by atoms with E-state index in [1.165, 1.54) is 6.33 Å². The molecule has 0 saturated carbocycles. The number of hydrogen-bond donors (Lipinski definition) is 2. The normalized spacial score (nSPS) is 15.5. The van der Waals surface area contributed by atoms with Gasteiger partial charge in [0.25, 0.3) is 5.91 Å². The molecule has 0 unspecified atom stereocenters. The number of carbonyl (C=O) groups excluding carboxylic acids is 2. The van der Waals surface area contributed by atoms with Gasteiger partial charge in [-0.25, -0.2) is 4.68 Å². The Morgan fingerprint density at radius 2 is 2.14 bits per heavy atom. The molecule has 1 aliphatic rings. The van der Waals surface area contributed by atoms with Crippen molar-refractivity contribution in [2.24, 2.45) is 0 Å². The zero-order valence-corrected chi connectivity index (χ0v) is 15.4. The number of carbonyl (C=O) groups is 2. The van der Waals surface area contributed by atoms with Crippen LogP contribution in [0.3, 0.4) is 0 Å². The third-order valence-electron chi connectivity index (χ3n) is 4.22. The van der Waals surface area contributed by atoms with Crippen LogP contribution in [0.5, 0.6) is 5.75 Å². The molecule has 0 saturated heterocycles. The average Bonchev–Trinajstić information content (AvgIpc) is 3.14. The molecule has 2 aromatic carbocycles. The molecule has 0 fully saturated rings. The second-order valence-electron chi connectivity index (χ2n) is 6.22. The Morgan fingerprint density at radius 3 is 3.00 bits per heavy atom. The lowest BCUT2D eigenvalue weighted by atomic mass is 10.0. The summed E-state index contributed by atoms with van der Waals surface area (Å²) >= 11 is 5.91. The predicted molar refractivity (Wildman–Crippen MR) is 103 cm³/mol. The van der Waals surface area contributed by atoms with Gasteiger partial charge < -0.3 is 10.1 Å². The van der Waals surface area contributed by atoms with Crippen LogP contribution < -0.4 is 15.4 Å². The largest absolute Gasteiger partial charge is 0.484 e. The summed E-state index contributed by atoms with van der Waals surface area (Å²) in [6.45, 7) is -0.157. The van der Waals surface area contributed by atoms with Crippen LogP contribution in [0.1, 0.15) is 18.0 Å². The molecule has 28 heavy (non-hydrogen) atoms. The maximum absolute atomic E-state index is 12.1. The zero-order chi connectivity index (χ0) is 19.5. The van der Waals surface area contributed by atoms with Crippen LogP contribution in [-0.2, 0) is 9.59 Å². The Labute approximate surface area is 165 Å². The van der Waals surface area contributed by atoms with Crippen LogP contribution >= 0.6 is 11.6 Å². The van der Waals surface area contributed by atoms with Gasteiger partial charge in [-0.3, -0.25) is 14.9 Å². The fourth-order valence-electron chi connectivity index (χ4n) is 2.99. The highest BCUT2D eigenvalue weighted by Crippen LogP contribution is 2.30. The molecule has 1 aromatic heterocycles. The molecule has 0 radical (unpaired) electrons. The van der Waals surface area contributed by atoms with Crippen molar-refractivity contribution in [1.29, 1.82) is 0 Å². The second kappa shape index (κ2) is 7.69. The van der Waals surface area contributed by atoms with Crippen LogP contribution in [-0.4, -0.2) is 33.2 Å². The van der Waals surface area contributed by atoms with Gasteiger partial charge in [0.1, 0.15) is 12.1 Å².